The summed E-state index contributed by atoms with van der Waals surface area (Å²) in [5, 5.41) is 4.14. The van der Waals surface area contributed by atoms with E-state index in [1.807, 2.05) is 0 Å². The zero-order valence-electron chi connectivity index (χ0n) is 17.6. The molecule has 0 bridgehead atoms. The molecule has 30 heavy (non-hydrogen) atoms. The van der Waals surface area contributed by atoms with Gasteiger partial charge in [0, 0.05) is 17.4 Å². The molecule has 4 aliphatic rings. The van der Waals surface area contributed by atoms with Crippen LogP contribution in [-0.4, -0.2) is 17.7 Å². The molecule has 0 saturated heterocycles. The van der Waals surface area contributed by atoms with Crippen LogP contribution in [0.3, 0.4) is 0 Å². The van der Waals surface area contributed by atoms with Crippen LogP contribution in [0, 0.1) is 34.5 Å². The highest BCUT2D eigenvalue weighted by atomic mass is 35.5. The molecule has 0 aromatic heterocycles. The summed E-state index contributed by atoms with van der Waals surface area (Å²) in [6.07, 6.45) is 10.2. The fourth-order valence-corrected chi connectivity index (χ4v) is 8.26. The number of amides is 1. The van der Waals surface area contributed by atoms with Crippen LogP contribution in [-0.2, 0) is 4.79 Å². The maximum absolute atomic E-state index is 13.6. The molecule has 1 amide bonds. The van der Waals surface area contributed by atoms with E-state index in [4.69, 9.17) is 23.2 Å². The molecule has 3 aliphatic carbocycles. The van der Waals surface area contributed by atoms with E-state index >= 15 is 0 Å². The average molecular weight is 446 g/mol. The van der Waals surface area contributed by atoms with Crippen molar-refractivity contribution in [3.8, 4) is 0 Å². The van der Waals surface area contributed by atoms with Gasteiger partial charge >= 0.3 is 0 Å². The standard InChI is InChI=1S/C25H29Cl2NO2/c1-24-12-10-16-14(6-9-20-25(16,2)13-11-21(29)28-20)15(24)7-8-17(24)23(30)22-18(26)4-3-5-19(22)27/h3-5,11,13-17,20H,6-10,12H2,1-2H3,(H,28,29)/t14-,15-,16+,17?,20?,24-,25+/m0/s1. The topological polar surface area (TPSA) is 46.2 Å². The van der Waals surface area contributed by atoms with Crippen LogP contribution in [0.15, 0.2) is 30.4 Å². The number of nitrogens with one attached hydrogen (secondary N) is 1. The van der Waals surface area contributed by atoms with Crippen molar-refractivity contribution in [2.75, 3.05) is 0 Å². The summed E-state index contributed by atoms with van der Waals surface area (Å²) in [4.78, 5) is 25.5. The van der Waals surface area contributed by atoms with Crippen LogP contribution in [0.4, 0.5) is 0 Å². The van der Waals surface area contributed by atoms with E-state index in [9.17, 15) is 9.59 Å². The zero-order chi connectivity index (χ0) is 21.3. The Hall–Kier alpha value is -1.32. The molecule has 0 radical (unpaired) electrons. The third-order valence-electron chi connectivity index (χ3n) is 9.21. The molecular formula is C25H29Cl2NO2. The first kappa shape index (κ1) is 20.6. The van der Waals surface area contributed by atoms with Gasteiger partial charge in [-0.1, -0.05) is 49.2 Å². The van der Waals surface area contributed by atoms with Crippen molar-refractivity contribution in [2.24, 2.45) is 34.5 Å². The van der Waals surface area contributed by atoms with Gasteiger partial charge in [0.15, 0.2) is 5.78 Å². The molecule has 0 spiro atoms. The first-order valence-corrected chi connectivity index (χ1v) is 12.0. The van der Waals surface area contributed by atoms with Gasteiger partial charge in [0.05, 0.1) is 15.6 Å². The van der Waals surface area contributed by atoms with E-state index in [-0.39, 0.29) is 34.5 Å². The molecule has 1 aromatic carbocycles. The van der Waals surface area contributed by atoms with Gasteiger partial charge in [-0.2, -0.15) is 0 Å². The van der Waals surface area contributed by atoms with Crippen molar-refractivity contribution >= 4 is 34.9 Å². The lowest BCUT2D eigenvalue weighted by Crippen LogP contribution is -2.59. The fraction of sp³-hybridized carbons (Fsp3) is 0.600. The van der Waals surface area contributed by atoms with Gasteiger partial charge in [0.2, 0.25) is 5.91 Å². The summed E-state index contributed by atoms with van der Waals surface area (Å²) in [5.74, 6) is 1.84. The summed E-state index contributed by atoms with van der Waals surface area (Å²) in [7, 11) is 0. The van der Waals surface area contributed by atoms with Crippen molar-refractivity contribution in [1.82, 2.24) is 5.32 Å². The molecule has 3 saturated carbocycles. The van der Waals surface area contributed by atoms with E-state index < -0.39 is 0 Å². The van der Waals surface area contributed by atoms with Crippen molar-refractivity contribution in [2.45, 2.75) is 58.4 Å². The molecule has 3 nitrogen and oxygen atoms in total. The predicted molar refractivity (Wildman–Crippen MR) is 120 cm³/mol. The van der Waals surface area contributed by atoms with Crippen LogP contribution in [0.25, 0.3) is 0 Å². The monoisotopic (exact) mass is 445 g/mol. The van der Waals surface area contributed by atoms with E-state index in [1.165, 1.54) is 0 Å². The Bertz CT molecular complexity index is 923. The number of hydrogen-bond acceptors (Lipinski definition) is 2. The molecule has 160 valence electrons. The van der Waals surface area contributed by atoms with Crippen molar-refractivity contribution in [3.63, 3.8) is 0 Å². The molecular weight excluding hydrogens is 417 g/mol. The average Bonchev–Trinajstić information content (AvgIpc) is 3.05. The second kappa shape index (κ2) is 7.10. The van der Waals surface area contributed by atoms with Crippen molar-refractivity contribution < 1.29 is 9.59 Å². The summed E-state index contributed by atoms with van der Waals surface area (Å²) in [5.41, 5.74) is 0.515. The number of halogens is 2. The smallest absolute Gasteiger partial charge is 0.243 e. The Labute approximate surface area is 188 Å². The molecule has 2 unspecified atom stereocenters. The zero-order valence-corrected chi connectivity index (χ0v) is 19.1. The molecule has 5 rings (SSSR count). The maximum Gasteiger partial charge on any atom is 0.243 e. The van der Waals surface area contributed by atoms with E-state index in [1.54, 1.807) is 24.3 Å². The summed E-state index contributed by atoms with van der Waals surface area (Å²) < 4.78 is 0. The minimum atomic E-state index is -0.0204. The summed E-state index contributed by atoms with van der Waals surface area (Å²) in [6, 6.07) is 5.55. The molecule has 5 heteroatoms. The van der Waals surface area contributed by atoms with Gasteiger partial charge in [0.1, 0.15) is 0 Å². The molecule has 1 aliphatic heterocycles. The molecule has 7 atom stereocenters. The van der Waals surface area contributed by atoms with Gasteiger partial charge in [-0.3, -0.25) is 9.59 Å². The normalized spacial score (nSPS) is 42.1. The van der Waals surface area contributed by atoms with Gasteiger partial charge in [-0.05, 0) is 79.9 Å². The summed E-state index contributed by atoms with van der Waals surface area (Å²) in [6.45, 7) is 4.66. The highest BCUT2D eigenvalue weighted by molar-refractivity contribution is 6.40. The Morgan fingerprint density at radius 3 is 2.50 bits per heavy atom. The van der Waals surface area contributed by atoms with Crippen LogP contribution < -0.4 is 5.32 Å². The van der Waals surface area contributed by atoms with Crippen LogP contribution in [0.5, 0.6) is 0 Å². The van der Waals surface area contributed by atoms with Crippen molar-refractivity contribution in [1.29, 1.82) is 0 Å². The number of fused-ring (bicyclic) bond motifs is 5. The maximum atomic E-state index is 13.6. The quantitative estimate of drug-likeness (QED) is 0.559. The highest BCUT2D eigenvalue weighted by Crippen LogP contribution is 2.65. The second-order valence-corrected chi connectivity index (χ2v) is 11.2. The van der Waals surface area contributed by atoms with E-state index in [0.29, 0.717) is 33.4 Å². The fourth-order valence-electron chi connectivity index (χ4n) is 7.67. The van der Waals surface area contributed by atoms with E-state index in [2.05, 4.69) is 25.2 Å². The third kappa shape index (κ3) is 2.84. The van der Waals surface area contributed by atoms with Gasteiger partial charge in [-0.25, -0.2) is 0 Å². The Balaban J connectivity index is 1.45. The number of hydrogen-bond donors (Lipinski definition) is 1. The largest absolute Gasteiger partial charge is 0.349 e. The number of benzene rings is 1. The number of carbonyl (C=O) groups is 2. The lowest BCUT2D eigenvalue weighted by atomic mass is 9.47. The van der Waals surface area contributed by atoms with Gasteiger partial charge < -0.3 is 5.32 Å². The Morgan fingerprint density at radius 2 is 1.77 bits per heavy atom. The highest BCUT2D eigenvalue weighted by Gasteiger charge is 2.61. The summed E-state index contributed by atoms with van der Waals surface area (Å²) >= 11 is 12.8. The van der Waals surface area contributed by atoms with Crippen LogP contribution >= 0.6 is 23.2 Å². The minimum absolute atomic E-state index is 0.00836. The molecule has 3 fully saturated rings. The Morgan fingerprint density at radius 1 is 1.03 bits per heavy atom. The first-order chi connectivity index (χ1) is 14.3. The number of Topliss-reactive ketones (excluding diaryl/α,β-unsaturated/α-hetero) is 1. The van der Waals surface area contributed by atoms with Gasteiger partial charge in [0.25, 0.3) is 0 Å². The van der Waals surface area contributed by atoms with E-state index in [0.717, 1.165) is 38.5 Å². The SMILES string of the molecule is C[C@]12C=CC(=O)NC1CC[C@@H]1[C@H]2CC[C@]2(C)C(C(=O)c3c(Cl)cccc3Cl)CC[C@@H]12. The van der Waals surface area contributed by atoms with Crippen LogP contribution in [0.2, 0.25) is 10.0 Å². The van der Waals surface area contributed by atoms with Crippen LogP contribution in [0.1, 0.15) is 62.7 Å². The minimum Gasteiger partial charge on any atom is -0.349 e. The Kier molecular flexibility index (Phi) is 4.87. The third-order valence-corrected chi connectivity index (χ3v) is 9.84. The lowest BCUT2D eigenvalue weighted by molar-refractivity contribution is -0.122. The number of carbonyl (C=O) groups excluding carboxylic acids is 2. The molecule has 1 heterocycles. The predicted octanol–water partition coefficient (Wildman–Crippen LogP) is 6.09. The molecule has 1 aromatic rings. The van der Waals surface area contributed by atoms with Gasteiger partial charge in [-0.15, -0.1) is 0 Å². The number of rotatable bonds is 2. The lowest BCUT2D eigenvalue weighted by Gasteiger charge is -2.58. The first-order valence-electron chi connectivity index (χ1n) is 11.2. The molecule has 1 N–H and O–H groups in total. The number of ketones is 1. The second-order valence-electron chi connectivity index (χ2n) is 10.4. The van der Waals surface area contributed by atoms with Crippen molar-refractivity contribution in [3.05, 3.63) is 46.0 Å².